The summed E-state index contributed by atoms with van der Waals surface area (Å²) in [7, 11) is 1.47. The molecule has 0 aromatic rings. The number of carbonyl (C=O) groups excluding carboxylic acids is 2. The Morgan fingerprint density at radius 3 is 2.24 bits per heavy atom. The van der Waals surface area contributed by atoms with Gasteiger partial charge in [-0.3, -0.25) is 9.59 Å². The van der Waals surface area contributed by atoms with Gasteiger partial charge in [0.1, 0.15) is 0 Å². The highest BCUT2D eigenvalue weighted by molar-refractivity contribution is 5.99. The highest BCUT2D eigenvalue weighted by Gasteiger charge is 2.62. The van der Waals surface area contributed by atoms with Crippen LogP contribution in [0.15, 0.2) is 12.2 Å². The van der Waals surface area contributed by atoms with Crippen LogP contribution in [0.3, 0.4) is 0 Å². The number of methoxy groups -OCH3 is 1. The number of ketones is 1. The lowest BCUT2D eigenvalue weighted by Crippen LogP contribution is -2.57. The third-order valence-corrected chi connectivity index (χ3v) is 9.77. The van der Waals surface area contributed by atoms with E-state index in [0.717, 1.165) is 18.4 Å². The van der Waals surface area contributed by atoms with E-state index < -0.39 is 0 Å². The number of ether oxygens (including phenoxy) is 1. The Kier molecular flexibility index (Phi) is 11.4. The average molecular weight is 463 g/mol. The second-order valence-corrected chi connectivity index (χ2v) is 10.7. The van der Waals surface area contributed by atoms with Gasteiger partial charge in [-0.05, 0) is 91.4 Å². The second kappa shape index (κ2) is 12.5. The molecule has 4 saturated carbocycles. The monoisotopic (exact) mass is 462 g/mol. The summed E-state index contributed by atoms with van der Waals surface area (Å²) < 4.78 is 4.81. The number of hydrogen-bond donors (Lipinski definition) is 0. The first-order valence-corrected chi connectivity index (χ1v) is 13.6. The van der Waals surface area contributed by atoms with Gasteiger partial charge in [0.2, 0.25) is 0 Å². The summed E-state index contributed by atoms with van der Waals surface area (Å²) in [6.07, 6.45) is 12.4. The van der Waals surface area contributed by atoms with Crippen LogP contribution in [-0.4, -0.2) is 18.9 Å². The van der Waals surface area contributed by atoms with Crippen LogP contribution >= 0.6 is 0 Å². The summed E-state index contributed by atoms with van der Waals surface area (Å²) in [6.45, 7) is 17.3. The molecular formula is C30H54O3. The molecule has 33 heavy (non-hydrogen) atoms. The Hall–Kier alpha value is -1.12. The smallest absolute Gasteiger partial charge is 0.305 e. The summed E-state index contributed by atoms with van der Waals surface area (Å²) in [5.41, 5.74) is 1.50. The lowest BCUT2D eigenvalue weighted by Gasteiger charge is -2.60. The number of hydrogen-bond acceptors (Lipinski definition) is 3. The van der Waals surface area contributed by atoms with E-state index in [-0.39, 0.29) is 30.1 Å². The number of allylic oxidation sites excluding steroid dienone is 1. The van der Waals surface area contributed by atoms with Crippen molar-refractivity contribution in [2.75, 3.05) is 7.11 Å². The second-order valence-electron chi connectivity index (χ2n) is 10.7. The molecule has 7 unspecified atom stereocenters. The molecule has 0 bridgehead atoms. The maximum atomic E-state index is 13.5. The normalized spacial score (nSPS) is 38.7. The van der Waals surface area contributed by atoms with Crippen molar-refractivity contribution in [3.63, 3.8) is 0 Å². The minimum atomic E-state index is -0.0987. The molecule has 0 aromatic carbocycles. The largest absolute Gasteiger partial charge is 0.469 e. The summed E-state index contributed by atoms with van der Waals surface area (Å²) >= 11 is 0. The molecular weight excluding hydrogens is 408 g/mol. The quantitative estimate of drug-likeness (QED) is 0.311. The first kappa shape index (κ1) is 29.9. The van der Waals surface area contributed by atoms with Crippen molar-refractivity contribution in [3.8, 4) is 0 Å². The topological polar surface area (TPSA) is 43.4 Å². The molecule has 3 nitrogen and oxygen atoms in total. The third-order valence-electron chi connectivity index (χ3n) is 9.77. The molecule has 4 fully saturated rings. The predicted octanol–water partition coefficient (Wildman–Crippen LogP) is 8.41. The Labute approximate surface area is 205 Å². The molecule has 0 N–H and O–H groups in total. The molecule has 192 valence electrons. The van der Waals surface area contributed by atoms with Crippen LogP contribution in [0.25, 0.3) is 0 Å². The molecule has 3 heteroatoms. The molecule has 0 heterocycles. The lowest BCUT2D eigenvalue weighted by molar-refractivity contribution is -0.145. The zero-order valence-electron chi connectivity index (χ0n) is 22.1. The molecule has 0 aromatic heterocycles. The number of fused-ring (bicyclic) bond motifs is 5. The van der Waals surface area contributed by atoms with E-state index in [0.29, 0.717) is 35.9 Å². The van der Waals surface area contributed by atoms with Crippen LogP contribution in [-0.2, 0) is 14.3 Å². The van der Waals surface area contributed by atoms with Crippen molar-refractivity contribution in [2.45, 2.75) is 120 Å². The van der Waals surface area contributed by atoms with Gasteiger partial charge >= 0.3 is 5.97 Å². The minimum Gasteiger partial charge on any atom is -0.469 e. The van der Waals surface area contributed by atoms with Crippen molar-refractivity contribution in [2.24, 2.45) is 40.4 Å². The summed E-state index contributed by atoms with van der Waals surface area (Å²) in [6, 6.07) is 0. The van der Waals surface area contributed by atoms with Crippen LogP contribution in [0.1, 0.15) is 120 Å². The van der Waals surface area contributed by atoms with Gasteiger partial charge in [0.05, 0.1) is 7.11 Å². The molecule has 0 aliphatic heterocycles. The number of rotatable bonds is 4. The number of carbonyl (C=O) groups is 2. The van der Waals surface area contributed by atoms with Crippen molar-refractivity contribution < 1.29 is 14.3 Å². The number of Topliss-reactive ketones (excluding diaryl/α,β-unsaturated/α-hetero) is 1. The van der Waals surface area contributed by atoms with E-state index in [1.165, 1.54) is 58.5 Å². The van der Waals surface area contributed by atoms with Gasteiger partial charge in [-0.15, -0.1) is 0 Å². The zero-order chi connectivity index (χ0) is 24.1. The fourth-order valence-corrected chi connectivity index (χ4v) is 8.18. The molecule has 4 aliphatic carbocycles. The first-order valence-electron chi connectivity index (χ1n) is 13.6. The van der Waals surface area contributed by atoms with Gasteiger partial charge in [0, 0.05) is 12.3 Å². The highest BCUT2D eigenvalue weighted by Crippen LogP contribution is 2.67. The third kappa shape index (κ3) is 5.27. The van der Waals surface area contributed by atoms with Crippen molar-refractivity contribution in [1.29, 1.82) is 0 Å². The first-order chi connectivity index (χ1) is 15.3. The van der Waals surface area contributed by atoms with Gasteiger partial charge in [-0.2, -0.15) is 0 Å². The predicted molar refractivity (Wildman–Crippen MR) is 140 cm³/mol. The molecule has 0 spiro atoms. The SMILES string of the molecule is C.C=C1C(=O)C2C3CCC(CCCC(=O)OC)C3(C)CCC2C2(C)CCCCC12.CC.CC. The van der Waals surface area contributed by atoms with Crippen LogP contribution in [0, 0.1) is 40.4 Å². The maximum absolute atomic E-state index is 13.5. The lowest BCUT2D eigenvalue weighted by atomic mass is 9.43. The molecule has 0 amide bonds. The average Bonchev–Trinajstić information content (AvgIpc) is 3.16. The molecule has 4 aliphatic rings. The van der Waals surface area contributed by atoms with Crippen molar-refractivity contribution in [3.05, 3.63) is 12.2 Å². The minimum absolute atomic E-state index is 0. The van der Waals surface area contributed by atoms with Crippen LogP contribution in [0.5, 0.6) is 0 Å². The van der Waals surface area contributed by atoms with E-state index in [9.17, 15) is 9.59 Å². The van der Waals surface area contributed by atoms with Gasteiger partial charge in [-0.1, -0.05) is 68.4 Å². The standard InChI is InChI=1S/C25H38O3.2C2H6.CH4/c1-16-18-9-5-6-14-25(18,3)20-13-15-24(2)17(8-7-10-21(26)28-4)11-12-19(24)22(20)23(16)27;2*1-2;/h17-20,22H,1,5-15H2,2-4H3;2*1-2H3;1H4. The van der Waals surface area contributed by atoms with Gasteiger partial charge < -0.3 is 4.74 Å². The molecule has 4 rings (SSSR count). The highest BCUT2D eigenvalue weighted by atomic mass is 16.5. The Morgan fingerprint density at radius 1 is 0.970 bits per heavy atom. The van der Waals surface area contributed by atoms with Gasteiger partial charge in [0.15, 0.2) is 5.78 Å². The van der Waals surface area contributed by atoms with E-state index in [2.05, 4.69) is 20.4 Å². The van der Waals surface area contributed by atoms with Crippen molar-refractivity contribution >= 4 is 11.8 Å². The Balaban J connectivity index is 0.00000103. The van der Waals surface area contributed by atoms with E-state index in [1.54, 1.807) is 0 Å². The fraction of sp³-hybridized carbons (Fsp3) is 0.867. The summed E-state index contributed by atoms with van der Waals surface area (Å²) in [5.74, 6) is 2.66. The van der Waals surface area contributed by atoms with Gasteiger partial charge in [0.25, 0.3) is 0 Å². The van der Waals surface area contributed by atoms with E-state index in [1.807, 2.05) is 27.7 Å². The Bertz CT molecular complexity index is 667. The molecule has 0 saturated heterocycles. The Morgan fingerprint density at radius 2 is 1.61 bits per heavy atom. The fourth-order valence-electron chi connectivity index (χ4n) is 8.18. The molecule has 0 radical (unpaired) electrons. The number of esters is 1. The van der Waals surface area contributed by atoms with E-state index in [4.69, 9.17) is 4.74 Å². The van der Waals surface area contributed by atoms with E-state index >= 15 is 0 Å². The van der Waals surface area contributed by atoms with Crippen LogP contribution < -0.4 is 0 Å². The molecule has 7 atom stereocenters. The summed E-state index contributed by atoms with van der Waals surface area (Å²) in [5, 5.41) is 0. The van der Waals surface area contributed by atoms with Crippen molar-refractivity contribution in [1.82, 2.24) is 0 Å². The van der Waals surface area contributed by atoms with Crippen LogP contribution in [0.4, 0.5) is 0 Å². The van der Waals surface area contributed by atoms with Crippen LogP contribution in [0.2, 0.25) is 0 Å². The summed E-state index contributed by atoms with van der Waals surface area (Å²) in [4.78, 5) is 25.0. The maximum Gasteiger partial charge on any atom is 0.305 e. The zero-order valence-corrected chi connectivity index (χ0v) is 22.1. The van der Waals surface area contributed by atoms with Gasteiger partial charge in [-0.25, -0.2) is 0 Å².